The van der Waals surface area contributed by atoms with Gasteiger partial charge in [0.05, 0.1) is 23.3 Å². The molecule has 0 bridgehead atoms. The SMILES string of the molecule is CCS(=O)(=O)CCN1CCN(c2ccncc2N)CC1. The molecule has 2 rings (SSSR count). The highest BCUT2D eigenvalue weighted by Gasteiger charge is 2.19. The Balaban J connectivity index is 1.85. The molecule has 1 aromatic rings. The van der Waals surface area contributed by atoms with Crippen LogP contribution in [0.5, 0.6) is 0 Å². The Bertz CT molecular complexity index is 539. The summed E-state index contributed by atoms with van der Waals surface area (Å²) < 4.78 is 23.0. The van der Waals surface area contributed by atoms with Crippen LogP contribution in [0.15, 0.2) is 18.5 Å². The van der Waals surface area contributed by atoms with Crippen molar-refractivity contribution in [3.8, 4) is 0 Å². The number of nitrogens with two attached hydrogens (primary N) is 1. The standard InChI is InChI=1S/C13H22N4O2S/c1-2-20(18,19)10-9-16-5-7-17(8-6-16)13-3-4-15-11-12(13)14/h3-4,11H,2,5-10,14H2,1H3. The van der Waals surface area contributed by atoms with Crippen LogP contribution >= 0.6 is 0 Å². The van der Waals surface area contributed by atoms with Crippen molar-refractivity contribution < 1.29 is 8.42 Å². The molecule has 0 saturated carbocycles. The van der Waals surface area contributed by atoms with Gasteiger partial charge in [0.15, 0.2) is 9.84 Å². The van der Waals surface area contributed by atoms with E-state index in [0.717, 1.165) is 31.9 Å². The number of sulfone groups is 1. The van der Waals surface area contributed by atoms with Gasteiger partial charge in [0.2, 0.25) is 0 Å². The molecule has 2 heterocycles. The van der Waals surface area contributed by atoms with Gasteiger partial charge in [-0.05, 0) is 6.07 Å². The predicted octanol–water partition coefficient (Wildman–Crippen LogP) is 0.221. The van der Waals surface area contributed by atoms with Crippen LogP contribution in [0.4, 0.5) is 11.4 Å². The minimum atomic E-state index is -2.87. The molecule has 1 fully saturated rings. The first-order valence-corrected chi connectivity index (χ1v) is 8.71. The normalized spacial score (nSPS) is 17.4. The summed E-state index contributed by atoms with van der Waals surface area (Å²) in [6.07, 6.45) is 3.40. The van der Waals surface area contributed by atoms with Crippen molar-refractivity contribution in [1.29, 1.82) is 0 Å². The van der Waals surface area contributed by atoms with E-state index >= 15 is 0 Å². The smallest absolute Gasteiger partial charge is 0.151 e. The van der Waals surface area contributed by atoms with Crippen LogP contribution in [-0.4, -0.2) is 62.5 Å². The predicted molar refractivity (Wildman–Crippen MR) is 81.6 cm³/mol. The van der Waals surface area contributed by atoms with Gasteiger partial charge in [-0.25, -0.2) is 8.42 Å². The third kappa shape index (κ3) is 3.83. The first-order valence-electron chi connectivity index (χ1n) is 6.89. The van der Waals surface area contributed by atoms with Crippen LogP contribution in [-0.2, 0) is 9.84 Å². The number of rotatable bonds is 5. The van der Waals surface area contributed by atoms with Crippen molar-refractivity contribution in [3.63, 3.8) is 0 Å². The Hall–Kier alpha value is -1.34. The number of hydrogen-bond acceptors (Lipinski definition) is 6. The number of hydrogen-bond donors (Lipinski definition) is 1. The number of nitrogen functional groups attached to an aromatic ring is 1. The lowest BCUT2D eigenvalue weighted by Crippen LogP contribution is -2.47. The number of anilines is 2. The monoisotopic (exact) mass is 298 g/mol. The molecule has 20 heavy (non-hydrogen) atoms. The Morgan fingerprint density at radius 2 is 2.00 bits per heavy atom. The van der Waals surface area contributed by atoms with Crippen LogP contribution in [0.25, 0.3) is 0 Å². The lowest BCUT2D eigenvalue weighted by Gasteiger charge is -2.36. The van der Waals surface area contributed by atoms with E-state index in [-0.39, 0.29) is 11.5 Å². The number of nitrogens with zero attached hydrogens (tertiary/aromatic N) is 3. The van der Waals surface area contributed by atoms with Crippen molar-refractivity contribution in [2.45, 2.75) is 6.92 Å². The van der Waals surface area contributed by atoms with Crippen LogP contribution in [0.3, 0.4) is 0 Å². The molecule has 0 radical (unpaired) electrons. The maximum Gasteiger partial charge on any atom is 0.151 e. The molecule has 0 unspecified atom stereocenters. The summed E-state index contributed by atoms with van der Waals surface area (Å²) in [7, 11) is -2.87. The average Bonchev–Trinajstić information content (AvgIpc) is 2.46. The second-order valence-electron chi connectivity index (χ2n) is 5.00. The summed E-state index contributed by atoms with van der Waals surface area (Å²) in [4.78, 5) is 8.41. The molecular weight excluding hydrogens is 276 g/mol. The van der Waals surface area contributed by atoms with Crippen LogP contribution < -0.4 is 10.6 Å². The molecule has 7 heteroatoms. The summed E-state index contributed by atoms with van der Waals surface area (Å²) in [6, 6.07) is 1.92. The van der Waals surface area contributed by atoms with Crippen molar-refractivity contribution in [2.24, 2.45) is 0 Å². The summed E-state index contributed by atoms with van der Waals surface area (Å²) in [5, 5.41) is 0. The quantitative estimate of drug-likeness (QED) is 0.838. The molecule has 1 aliphatic rings. The Labute approximate surface area is 120 Å². The third-order valence-electron chi connectivity index (χ3n) is 3.70. The molecule has 1 aliphatic heterocycles. The van der Waals surface area contributed by atoms with Crippen LogP contribution in [0.2, 0.25) is 0 Å². The van der Waals surface area contributed by atoms with E-state index in [4.69, 9.17) is 5.73 Å². The Kier molecular flexibility index (Phi) is 4.82. The van der Waals surface area contributed by atoms with Crippen molar-refractivity contribution in [1.82, 2.24) is 9.88 Å². The van der Waals surface area contributed by atoms with Gasteiger partial charge in [-0.2, -0.15) is 0 Å². The fourth-order valence-electron chi connectivity index (χ4n) is 2.31. The van der Waals surface area contributed by atoms with E-state index in [1.165, 1.54) is 0 Å². The van der Waals surface area contributed by atoms with Crippen LogP contribution in [0, 0.1) is 0 Å². The second kappa shape index (κ2) is 6.41. The van der Waals surface area contributed by atoms with E-state index in [1.807, 2.05) is 6.07 Å². The summed E-state index contributed by atoms with van der Waals surface area (Å²) >= 11 is 0. The van der Waals surface area contributed by atoms with Crippen molar-refractivity contribution in [2.75, 3.05) is 54.9 Å². The van der Waals surface area contributed by atoms with Crippen molar-refractivity contribution >= 4 is 21.2 Å². The topological polar surface area (TPSA) is 79.5 Å². The largest absolute Gasteiger partial charge is 0.396 e. The van der Waals surface area contributed by atoms with Gasteiger partial charge in [-0.3, -0.25) is 9.88 Å². The van der Waals surface area contributed by atoms with Gasteiger partial charge in [0, 0.05) is 44.7 Å². The fourth-order valence-corrected chi connectivity index (χ4v) is 3.14. The summed E-state index contributed by atoms with van der Waals surface area (Å²) in [5.41, 5.74) is 7.63. The number of piperazine rings is 1. The minimum Gasteiger partial charge on any atom is -0.396 e. The van der Waals surface area contributed by atoms with E-state index < -0.39 is 9.84 Å². The molecule has 6 nitrogen and oxygen atoms in total. The third-order valence-corrected chi connectivity index (χ3v) is 5.38. The van der Waals surface area contributed by atoms with Gasteiger partial charge in [-0.15, -0.1) is 0 Å². The molecule has 0 atom stereocenters. The maximum atomic E-state index is 11.5. The zero-order valence-corrected chi connectivity index (χ0v) is 12.6. The van der Waals surface area contributed by atoms with Gasteiger partial charge < -0.3 is 10.6 Å². The molecule has 0 spiro atoms. The molecule has 2 N–H and O–H groups in total. The number of aromatic nitrogens is 1. The zero-order valence-electron chi connectivity index (χ0n) is 11.8. The number of pyridine rings is 1. The maximum absolute atomic E-state index is 11.5. The Morgan fingerprint density at radius 1 is 1.30 bits per heavy atom. The van der Waals surface area contributed by atoms with Gasteiger partial charge in [0.25, 0.3) is 0 Å². The highest BCUT2D eigenvalue weighted by Crippen LogP contribution is 2.22. The first-order chi connectivity index (χ1) is 9.52. The average molecular weight is 298 g/mol. The molecule has 0 aromatic carbocycles. The highest BCUT2D eigenvalue weighted by molar-refractivity contribution is 7.91. The lowest BCUT2D eigenvalue weighted by molar-refractivity contribution is 0.272. The van der Waals surface area contributed by atoms with E-state index in [9.17, 15) is 8.42 Å². The minimum absolute atomic E-state index is 0.223. The molecule has 1 aromatic heterocycles. The lowest BCUT2D eigenvalue weighted by atomic mass is 10.2. The molecule has 1 saturated heterocycles. The van der Waals surface area contributed by atoms with E-state index in [1.54, 1.807) is 19.3 Å². The fraction of sp³-hybridized carbons (Fsp3) is 0.615. The zero-order chi connectivity index (χ0) is 14.6. The molecule has 112 valence electrons. The molecule has 0 amide bonds. The van der Waals surface area contributed by atoms with Crippen LogP contribution in [0.1, 0.15) is 6.92 Å². The molecular formula is C13H22N4O2S. The summed E-state index contributed by atoms with van der Waals surface area (Å²) in [6.45, 7) is 5.76. The Morgan fingerprint density at radius 3 is 2.60 bits per heavy atom. The highest BCUT2D eigenvalue weighted by atomic mass is 32.2. The van der Waals surface area contributed by atoms with E-state index in [0.29, 0.717) is 12.2 Å². The first kappa shape index (κ1) is 15.1. The van der Waals surface area contributed by atoms with Gasteiger partial charge in [-0.1, -0.05) is 6.92 Å². The van der Waals surface area contributed by atoms with Crippen molar-refractivity contribution in [3.05, 3.63) is 18.5 Å². The van der Waals surface area contributed by atoms with Gasteiger partial charge >= 0.3 is 0 Å². The van der Waals surface area contributed by atoms with Gasteiger partial charge in [0.1, 0.15) is 0 Å². The molecule has 0 aliphatic carbocycles. The summed E-state index contributed by atoms with van der Waals surface area (Å²) in [5.74, 6) is 0.474. The second-order valence-corrected chi connectivity index (χ2v) is 7.47. The van der Waals surface area contributed by atoms with E-state index in [2.05, 4.69) is 14.8 Å².